The standard InChI is InChI=1S/C20H26N2O3/c23-19(21-16-6-1-2-7-16)15-5-3-4-14(10-15)17-11-18(17)22(20(24)25)12-13-8-9-13/h3-5,10,13,16-18H,1-2,6-9,11-12H2,(H,21,23)(H,24,25). The number of amides is 2. The second kappa shape index (κ2) is 6.70. The topological polar surface area (TPSA) is 69.6 Å². The van der Waals surface area contributed by atoms with Crippen LogP contribution in [0.1, 0.15) is 66.8 Å². The average molecular weight is 342 g/mol. The Balaban J connectivity index is 1.41. The number of hydrogen-bond donors (Lipinski definition) is 2. The van der Waals surface area contributed by atoms with Crippen molar-refractivity contribution in [3.8, 4) is 0 Å². The number of nitrogens with zero attached hydrogens (tertiary/aromatic N) is 1. The van der Waals surface area contributed by atoms with Crippen LogP contribution >= 0.6 is 0 Å². The fourth-order valence-electron chi connectivity index (χ4n) is 4.07. The lowest BCUT2D eigenvalue weighted by molar-refractivity contribution is 0.0937. The van der Waals surface area contributed by atoms with E-state index in [4.69, 9.17) is 0 Å². The van der Waals surface area contributed by atoms with E-state index in [1.54, 1.807) is 4.90 Å². The number of carbonyl (C=O) groups excluding carboxylic acids is 1. The molecule has 3 fully saturated rings. The van der Waals surface area contributed by atoms with E-state index in [0.717, 1.165) is 37.7 Å². The normalized spacial score (nSPS) is 25.6. The molecule has 0 aliphatic heterocycles. The number of rotatable bonds is 6. The number of carbonyl (C=O) groups is 2. The molecule has 1 aromatic rings. The highest BCUT2D eigenvalue weighted by molar-refractivity contribution is 5.94. The molecule has 2 amide bonds. The molecule has 3 aliphatic rings. The molecule has 2 atom stereocenters. The Bertz CT molecular complexity index is 665. The monoisotopic (exact) mass is 342 g/mol. The first kappa shape index (κ1) is 16.4. The maximum absolute atomic E-state index is 12.5. The highest BCUT2D eigenvalue weighted by atomic mass is 16.4. The molecule has 0 radical (unpaired) electrons. The van der Waals surface area contributed by atoms with E-state index in [1.807, 2.05) is 24.3 Å². The van der Waals surface area contributed by atoms with Gasteiger partial charge in [0.25, 0.3) is 5.91 Å². The van der Waals surface area contributed by atoms with Gasteiger partial charge in [-0.05, 0) is 55.7 Å². The van der Waals surface area contributed by atoms with E-state index in [1.165, 1.54) is 12.8 Å². The van der Waals surface area contributed by atoms with Crippen LogP contribution < -0.4 is 5.32 Å². The predicted molar refractivity (Wildman–Crippen MR) is 94.8 cm³/mol. The molecular formula is C20H26N2O3. The summed E-state index contributed by atoms with van der Waals surface area (Å²) in [6.45, 7) is 0.665. The molecule has 0 bridgehead atoms. The van der Waals surface area contributed by atoms with Gasteiger partial charge in [-0.1, -0.05) is 25.0 Å². The highest BCUT2D eigenvalue weighted by Crippen LogP contribution is 2.46. The van der Waals surface area contributed by atoms with Crippen LogP contribution in [-0.4, -0.2) is 40.6 Å². The van der Waals surface area contributed by atoms with Gasteiger partial charge in [0.15, 0.2) is 0 Å². The van der Waals surface area contributed by atoms with Crippen LogP contribution in [0.5, 0.6) is 0 Å². The third-order valence-electron chi connectivity index (χ3n) is 5.82. The molecule has 0 aromatic heterocycles. The first-order valence-electron chi connectivity index (χ1n) is 9.52. The number of benzene rings is 1. The molecule has 0 spiro atoms. The SMILES string of the molecule is O=C(NC1CCCC1)c1cccc(C2CC2N(CC2CC2)C(=O)O)c1. The van der Waals surface area contributed by atoms with Crippen molar-refractivity contribution in [2.45, 2.75) is 62.9 Å². The van der Waals surface area contributed by atoms with Crippen molar-refractivity contribution in [3.63, 3.8) is 0 Å². The Morgan fingerprint density at radius 2 is 1.92 bits per heavy atom. The molecule has 134 valence electrons. The highest BCUT2D eigenvalue weighted by Gasteiger charge is 2.46. The van der Waals surface area contributed by atoms with Crippen LogP contribution in [-0.2, 0) is 0 Å². The largest absolute Gasteiger partial charge is 0.465 e. The van der Waals surface area contributed by atoms with E-state index in [2.05, 4.69) is 5.32 Å². The third-order valence-corrected chi connectivity index (χ3v) is 5.82. The van der Waals surface area contributed by atoms with Gasteiger partial charge in [-0.25, -0.2) is 4.79 Å². The number of nitrogens with one attached hydrogen (secondary N) is 1. The van der Waals surface area contributed by atoms with E-state index >= 15 is 0 Å². The molecule has 5 heteroatoms. The molecule has 25 heavy (non-hydrogen) atoms. The number of carboxylic acid groups (broad SMARTS) is 1. The van der Waals surface area contributed by atoms with Crippen molar-refractivity contribution in [2.24, 2.45) is 5.92 Å². The summed E-state index contributed by atoms with van der Waals surface area (Å²) >= 11 is 0. The minimum Gasteiger partial charge on any atom is -0.465 e. The maximum Gasteiger partial charge on any atom is 0.407 e. The molecule has 2 N–H and O–H groups in total. The lowest BCUT2D eigenvalue weighted by Crippen LogP contribution is -2.34. The Hall–Kier alpha value is -2.04. The van der Waals surface area contributed by atoms with Crippen LogP contribution in [0.3, 0.4) is 0 Å². The molecule has 1 aromatic carbocycles. The zero-order valence-electron chi connectivity index (χ0n) is 14.5. The Kier molecular flexibility index (Phi) is 4.40. The summed E-state index contributed by atoms with van der Waals surface area (Å²) in [7, 11) is 0. The van der Waals surface area contributed by atoms with Crippen molar-refractivity contribution in [1.82, 2.24) is 10.2 Å². The van der Waals surface area contributed by atoms with Crippen molar-refractivity contribution < 1.29 is 14.7 Å². The summed E-state index contributed by atoms with van der Waals surface area (Å²) in [6, 6.07) is 8.13. The molecule has 2 unspecified atom stereocenters. The van der Waals surface area contributed by atoms with E-state index in [-0.39, 0.29) is 17.9 Å². The minimum atomic E-state index is -0.811. The van der Waals surface area contributed by atoms with Gasteiger partial charge in [-0.2, -0.15) is 0 Å². The molecule has 3 saturated carbocycles. The Morgan fingerprint density at radius 3 is 2.60 bits per heavy atom. The van der Waals surface area contributed by atoms with Gasteiger partial charge in [0.1, 0.15) is 0 Å². The lowest BCUT2D eigenvalue weighted by atomic mass is 10.1. The van der Waals surface area contributed by atoms with Gasteiger partial charge in [0.05, 0.1) is 0 Å². The van der Waals surface area contributed by atoms with Crippen LogP contribution in [0.15, 0.2) is 24.3 Å². The second-order valence-corrected chi connectivity index (χ2v) is 7.87. The zero-order valence-corrected chi connectivity index (χ0v) is 14.5. The maximum atomic E-state index is 12.5. The minimum absolute atomic E-state index is 0.000906. The Labute approximate surface area is 148 Å². The fourth-order valence-corrected chi connectivity index (χ4v) is 4.07. The van der Waals surface area contributed by atoms with E-state index < -0.39 is 6.09 Å². The quantitative estimate of drug-likeness (QED) is 0.830. The fraction of sp³-hybridized carbons (Fsp3) is 0.600. The van der Waals surface area contributed by atoms with Crippen LogP contribution in [0.2, 0.25) is 0 Å². The zero-order chi connectivity index (χ0) is 17.4. The molecule has 0 heterocycles. The summed E-state index contributed by atoms with van der Waals surface area (Å²) in [4.78, 5) is 25.6. The first-order chi connectivity index (χ1) is 12.1. The lowest BCUT2D eigenvalue weighted by Gasteiger charge is -2.19. The van der Waals surface area contributed by atoms with Gasteiger partial charge < -0.3 is 15.3 Å². The van der Waals surface area contributed by atoms with E-state index in [0.29, 0.717) is 24.1 Å². The predicted octanol–water partition coefficient (Wildman–Crippen LogP) is 3.60. The van der Waals surface area contributed by atoms with E-state index in [9.17, 15) is 14.7 Å². The van der Waals surface area contributed by atoms with Gasteiger partial charge in [0, 0.05) is 30.1 Å². The van der Waals surface area contributed by atoms with Crippen molar-refractivity contribution in [3.05, 3.63) is 35.4 Å². The average Bonchev–Trinajstić information content (AvgIpc) is 3.52. The summed E-state index contributed by atoms with van der Waals surface area (Å²) in [5.41, 5.74) is 1.78. The molecule has 0 saturated heterocycles. The van der Waals surface area contributed by atoms with Crippen LogP contribution in [0.4, 0.5) is 4.79 Å². The third kappa shape index (κ3) is 3.80. The smallest absolute Gasteiger partial charge is 0.407 e. The second-order valence-electron chi connectivity index (χ2n) is 7.87. The van der Waals surface area contributed by atoms with Gasteiger partial charge in [-0.3, -0.25) is 4.79 Å². The molecule has 4 rings (SSSR count). The van der Waals surface area contributed by atoms with Crippen LogP contribution in [0, 0.1) is 5.92 Å². The van der Waals surface area contributed by atoms with Crippen molar-refractivity contribution >= 4 is 12.0 Å². The summed E-state index contributed by atoms with van der Waals surface area (Å²) in [5, 5.41) is 12.6. The molecule has 3 aliphatic carbocycles. The van der Waals surface area contributed by atoms with Gasteiger partial charge in [-0.15, -0.1) is 0 Å². The van der Waals surface area contributed by atoms with Crippen molar-refractivity contribution in [2.75, 3.05) is 6.54 Å². The molecule has 5 nitrogen and oxygen atoms in total. The first-order valence-corrected chi connectivity index (χ1v) is 9.52. The summed E-state index contributed by atoms with van der Waals surface area (Å²) in [6.07, 6.45) is 6.90. The summed E-state index contributed by atoms with van der Waals surface area (Å²) in [5.74, 6) is 0.786. The number of hydrogen-bond acceptors (Lipinski definition) is 2. The summed E-state index contributed by atoms with van der Waals surface area (Å²) < 4.78 is 0. The van der Waals surface area contributed by atoms with Crippen molar-refractivity contribution in [1.29, 1.82) is 0 Å². The Morgan fingerprint density at radius 1 is 1.16 bits per heavy atom. The van der Waals surface area contributed by atoms with Crippen LogP contribution in [0.25, 0.3) is 0 Å². The molecular weight excluding hydrogens is 316 g/mol. The van der Waals surface area contributed by atoms with Gasteiger partial charge >= 0.3 is 6.09 Å². The van der Waals surface area contributed by atoms with Gasteiger partial charge in [0.2, 0.25) is 0 Å².